The van der Waals surface area contributed by atoms with Gasteiger partial charge in [0.05, 0.1) is 13.1 Å². The molecule has 2 aliphatic heterocycles. The van der Waals surface area contributed by atoms with Gasteiger partial charge in [-0.3, -0.25) is 9.69 Å². The normalized spacial score (nSPS) is 25.2. The van der Waals surface area contributed by atoms with E-state index in [1.165, 1.54) is 9.80 Å². The molecule has 1 spiro atoms. The standard InChI is InChI=1S/C25H32ClN3O7/c1-24(2,3)19(27-22(33)35-17-9-4-5-10-17)20(30)29-14-25(12-18(29)21(31)32)13-28(23(34)36-25)16-8-6-7-15(26)11-16/h6-8,11,17-19H,4-5,9-10,12-14H2,1-3H3,(H,27,33)(H,31,32)/t18-,19+,25?/m0/s1. The van der Waals surface area contributed by atoms with Crippen LogP contribution < -0.4 is 10.2 Å². The van der Waals surface area contributed by atoms with Crippen molar-refractivity contribution in [3.05, 3.63) is 29.3 Å². The SMILES string of the molecule is CC(C)(C)[C@H](NC(=O)OC1CCCC1)C(=O)N1CC2(C[C@H]1C(=O)O)CN(c1cccc(Cl)c1)C(=O)O2. The number of nitrogens with zero attached hydrogens (tertiary/aromatic N) is 2. The fourth-order valence-electron chi connectivity index (χ4n) is 5.18. The van der Waals surface area contributed by atoms with E-state index in [1.807, 2.05) is 0 Å². The predicted octanol–water partition coefficient (Wildman–Crippen LogP) is 3.80. The van der Waals surface area contributed by atoms with Crippen molar-refractivity contribution >= 4 is 41.4 Å². The van der Waals surface area contributed by atoms with Crippen LogP contribution in [0.3, 0.4) is 0 Å². The molecule has 10 nitrogen and oxygen atoms in total. The van der Waals surface area contributed by atoms with Crippen molar-refractivity contribution in [2.24, 2.45) is 5.41 Å². The Kier molecular flexibility index (Phi) is 7.10. The molecule has 3 atom stereocenters. The molecular weight excluding hydrogens is 490 g/mol. The molecule has 1 aromatic carbocycles. The van der Waals surface area contributed by atoms with E-state index in [0.29, 0.717) is 10.7 Å². The van der Waals surface area contributed by atoms with Gasteiger partial charge in [-0.2, -0.15) is 0 Å². The van der Waals surface area contributed by atoms with Crippen LogP contribution in [0.15, 0.2) is 24.3 Å². The van der Waals surface area contributed by atoms with Crippen LogP contribution in [0.4, 0.5) is 15.3 Å². The first-order valence-corrected chi connectivity index (χ1v) is 12.5. The summed E-state index contributed by atoms with van der Waals surface area (Å²) in [6, 6.07) is 4.44. The summed E-state index contributed by atoms with van der Waals surface area (Å²) in [6.07, 6.45) is 1.95. The highest BCUT2D eigenvalue weighted by Gasteiger charge is 2.58. The summed E-state index contributed by atoms with van der Waals surface area (Å²) in [5.41, 5.74) is -1.42. The van der Waals surface area contributed by atoms with Gasteiger partial charge in [-0.05, 0) is 49.3 Å². The number of rotatable bonds is 5. The maximum atomic E-state index is 13.7. The number of likely N-dealkylation sites (tertiary alicyclic amines) is 1. The van der Waals surface area contributed by atoms with Crippen molar-refractivity contribution in [2.45, 2.75) is 76.7 Å². The fraction of sp³-hybridized carbons (Fsp3) is 0.600. The summed E-state index contributed by atoms with van der Waals surface area (Å²) in [7, 11) is 0. The highest BCUT2D eigenvalue weighted by atomic mass is 35.5. The Balaban J connectivity index is 1.54. The van der Waals surface area contributed by atoms with Crippen molar-refractivity contribution < 1.29 is 33.8 Å². The number of benzene rings is 1. The molecule has 0 bridgehead atoms. The number of anilines is 1. The van der Waals surface area contributed by atoms with Gasteiger partial charge in [0.1, 0.15) is 18.2 Å². The minimum absolute atomic E-state index is 0.0665. The lowest BCUT2D eigenvalue weighted by atomic mass is 9.85. The van der Waals surface area contributed by atoms with E-state index in [9.17, 15) is 24.3 Å². The van der Waals surface area contributed by atoms with E-state index in [2.05, 4.69) is 5.32 Å². The molecule has 4 rings (SSSR count). The topological polar surface area (TPSA) is 125 Å². The number of hydrogen-bond acceptors (Lipinski definition) is 6. The zero-order valence-electron chi connectivity index (χ0n) is 20.7. The zero-order valence-corrected chi connectivity index (χ0v) is 21.4. The van der Waals surface area contributed by atoms with E-state index < -0.39 is 47.2 Å². The molecule has 3 amide bonds. The summed E-state index contributed by atoms with van der Waals surface area (Å²) < 4.78 is 11.2. The highest BCUT2D eigenvalue weighted by Crippen LogP contribution is 2.39. The van der Waals surface area contributed by atoms with E-state index in [0.717, 1.165) is 25.7 Å². The molecule has 1 unspecified atom stereocenters. The monoisotopic (exact) mass is 521 g/mol. The lowest BCUT2D eigenvalue weighted by Crippen LogP contribution is -2.57. The number of ether oxygens (including phenoxy) is 2. The number of alkyl carbamates (subject to hydrolysis) is 1. The van der Waals surface area contributed by atoms with Crippen molar-refractivity contribution in [2.75, 3.05) is 18.0 Å². The van der Waals surface area contributed by atoms with Gasteiger partial charge in [0.25, 0.3) is 0 Å². The third kappa shape index (κ3) is 5.38. The first-order chi connectivity index (χ1) is 16.9. The van der Waals surface area contributed by atoms with Gasteiger partial charge in [0, 0.05) is 17.1 Å². The number of carboxylic acid groups (broad SMARTS) is 1. The minimum atomic E-state index is -1.22. The van der Waals surface area contributed by atoms with Crippen LogP contribution in [0.2, 0.25) is 5.02 Å². The number of carbonyl (C=O) groups is 4. The average Bonchev–Trinajstić information content (AvgIpc) is 3.50. The maximum absolute atomic E-state index is 13.7. The van der Waals surface area contributed by atoms with Gasteiger partial charge < -0.3 is 24.8 Å². The molecule has 2 N–H and O–H groups in total. The second kappa shape index (κ2) is 9.80. The summed E-state index contributed by atoms with van der Waals surface area (Å²) in [5, 5.41) is 13.1. The number of amides is 3. The highest BCUT2D eigenvalue weighted by molar-refractivity contribution is 6.30. The first kappa shape index (κ1) is 26.1. The molecule has 36 heavy (non-hydrogen) atoms. The van der Waals surface area contributed by atoms with Crippen molar-refractivity contribution in [3.8, 4) is 0 Å². The summed E-state index contributed by atoms with van der Waals surface area (Å²) in [5.74, 6) is -1.77. The average molecular weight is 522 g/mol. The van der Waals surface area contributed by atoms with Crippen LogP contribution in [0, 0.1) is 5.41 Å². The lowest BCUT2D eigenvalue weighted by molar-refractivity contribution is -0.150. The third-order valence-electron chi connectivity index (χ3n) is 7.01. The molecule has 3 fully saturated rings. The molecule has 2 saturated heterocycles. The van der Waals surface area contributed by atoms with Crippen LogP contribution in [0.25, 0.3) is 0 Å². The number of nitrogens with one attached hydrogen (secondary N) is 1. The molecule has 1 saturated carbocycles. The Morgan fingerprint density at radius 3 is 2.53 bits per heavy atom. The van der Waals surface area contributed by atoms with Gasteiger partial charge in [0.2, 0.25) is 5.91 Å². The Morgan fingerprint density at radius 1 is 1.22 bits per heavy atom. The first-order valence-electron chi connectivity index (χ1n) is 12.2. The van der Waals surface area contributed by atoms with Crippen LogP contribution in [-0.2, 0) is 19.1 Å². The van der Waals surface area contributed by atoms with Crippen LogP contribution in [-0.4, -0.2) is 70.9 Å². The van der Waals surface area contributed by atoms with Gasteiger partial charge in [-0.1, -0.05) is 38.4 Å². The van der Waals surface area contributed by atoms with Crippen molar-refractivity contribution in [1.29, 1.82) is 0 Å². The molecule has 11 heteroatoms. The summed E-state index contributed by atoms with van der Waals surface area (Å²) in [4.78, 5) is 53.8. The third-order valence-corrected chi connectivity index (χ3v) is 7.24. The molecule has 1 aromatic rings. The van der Waals surface area contributed by atoms with Gasteiger partial charge in [-0.15, -0.1) is 0 Å². The predicted molar refractivity (Wildman–Crippen MR) is 131 cm³/mol. The molecule has 0 aromatic heterocycles. The maximum Gasteiger partial charge on any atom is 0.415 e. The van der Waals surface area contributed by atoms with E-state index in [-0.39, 0.29) is 25.6 Å². The Morgan fingerprint density at radius 2 is 1.92 bits per heavy atom. The van der Waals surface area contributed by atoms with Crippen LogP contribution >= 0.6 is 11.6 Å². The largest absolute Gasteiger partial charge is 0.480 e. The quantitative estimate of drug-likeness (QED) is 0.603. The van der Waals surface area contributed by atoms with Gasteiger partial charge >= 0.3 is 18.2 Å². The van der Waals surface area contributed by atoms with Gasteiger partial charge in [-0.25, -0.2) is 14.4 Å². The molecule has 2 heterocycles. The molecule has 0 radical (unpaired) electrons. The van der Waals surface area contributed by atoms with Gasteiger partial charge in [0.15, 0.2) is 5.60 Å². The lowest BCUT2D eigenvalue weighted by Gasteiger charge is -2.35. The molecule has 196 valence electrons. The van der Waals surface area contributed by atoms with Crippen molar-refractivity contribution in [1.82, 2.24) is 10.2 Å². The number of halogens is 1. The summed E-state index contributed by atoms with van der Waals surface area (Å²) in [6.45, 7) is 5.30. The zero-order chi connectivity index (χ0) is 26.3. The van der Waals surface area contributed by atoms with Crippen LogP contribution in [0.1, 0.15) is 52.9 Å². The number of aliphatic carboxylic acids is 1. The molecular formula is C25H32ClN3O7. The Hall–Kier alpha value is -3.01. The molecule has 3 aliphatic rings. The van der Waals surface area contributed by atoms with E-state index >= 15 is 0 Å². The Labute approximate surface area is 214 Å². The van der Waals surface area contributed by atoms with Crippen LogP contribution in [0.5, 0.6) is 0 Å². The summed E-state index contributed by atoms with van der Waals surface area (Å²) >= 11 is 6.07. The number of hydrogen-bond donors (Lipinski definition) is 2. The molecule has 1 aliphatic carbocycles. The Bertz CT molecular complexity index is 1050. The van der Waals surface area contributed by atoms with E-state index in [1.54, 1.807) is 45.0 Å². The number of carbonyl (C=O) groups excluding carboxylic acids is 3. The smallest absolute Gasteiger partial charge is 0.415 e. The minimum Gasteiger partial charge on any atom is -0.480 e. The number of carboxylic acids is 1. The second-order valence-electron chi connectivity index (χ2n) is 10.9. The van der Waals surface area contributed by atoms with Crippen molar-refractivity contribution in [3.63, 3.8) is 0 Å². The second-order valence-corrected chi connectivity index (χ2v) is 11.3. The fourth-order valence-corrected chi connectivity index (χ4v) is 5.36. The van der Waals surface area contributed by atoms with E-state index in [4.69, 9.17) is 21.1 Å².